The van der Waals surface area contributed by atoms with Crippen LogP contribution >= 0.6 is 0 Å². The third-order valence-electron chi connectivity index (χ3n) is 6.14. The number of aromatic hydroxyl groups is 1. The molecule has 170 valence electrons. The highest BCUT2D eigenvalue weighted by molar-refractivity contribution is 6.16. The number of morpholine rings is 1. The Labute approximate surface area is 190 Å². The number of aryl methyl sites for hydroxylation is 1. The molecule has 1 atom stereocenters. The lowest BCUT2D eigenvalue weighted by Gasteiger charge is -2.36. The fourth-order valence-corrected chi connectivity index (χ4v) is 4.73. The predicted octanol–water partition coefficient (Wildman–Crippen LogP) is 3.52. The topological polar surface area (TPSA) is 105 Å². The van der Waals surface area contributed by atoms with Gasteiger partial charge in [-0.05, 0) is 24.6 Å². The molecule has 0 radical (unpaired) electrons. The van der Waals surface area contributed by atoms with Gasteiger partial charge >= 0.3 is 5.97 Å². The van der Waals surface area contributed by atoms with Gasteiger partial charge in [-0.3, -0.25) is 9.88 Å². The van der Waals surface area contributed by atoms with Gasteiger partial charge in [0.2, 0.25) is 0 Å². The molecule has 1 saturated heterocycles. The van der Waals surface area contributed by atoms with Gasteiger partial charge in [-0.15, -0.1) is 0 Å². The summed E-state index contributed by atoms with van der Waals surface area (Å²) in [5, 5.41) is 22.7. The monoisotopic (exact) mass is 448 g/mol. The maximum Gasteiger partial charge on any atom is 0.344 e. The summed E-state index contributed by atoms with van der Waals surface area (Å²) >= 11 is 0. The normalized spacial score (nSPS) is 15.7. The molecule has 0 bridgehead atoms. The number of fused-ring (bicyclic) bond motifs is 3. The summed E-state index contributed by atoms with van der Waals surface area (Å²) < 4.78 is 16.6. The van der Waals surface area contributed by atoms with Crippen LogP contribution in [0, 0.1) is 6.92 Å². The van der Waals surface area contributed by atoms with Crippen molar-refractivity contribution in [1.82, 2.24) is 9.88 Å². The second kappa shape index (κ2) is 8.82. The van der Waals surface area contributed by atoms with Crippen molar-refractivity contribution in [2.45, 2.75) is 13.0 Å². The van der Waals surface area contributed by atoms with E-state index in [-0.39, 0.29) is 17.4 Å². The molecule has 3 heterocycles. The predicted molar refractivity (Wildman–Crippen MR) is 121 cm³/mol. The summed E-state index contributed by atoms with van der Waals surface area (Å²) in [6.45, 7) is 3.34. The number of nitrogens with zero attached hydrogens (tertiary/aromatic N) is 2. The molecule has 1 unspecified atom stereocenters. The Hall–Kier alpha value is -3.46. The van der Waals surface area contributed by atoms with Crippen LogP contribution in [0.15, 0.2) is 53.2 Å². The zero-order valence-corrected chi connectivity index (χ0v) is 18.2. The molecular weight excluding hydrogens is 424 g/mol. The lowest BCUT2D eigenvalue weighted by Crippen LogP contribution is -2.39. The first-order valence-electron chi connectivity index (χ1n) is 10.8. The molecule has 0 amide bonds. The number of aromatic nitrogens is 1. The van der Waals surface area contributed by atoms with Crippen LogP contribution < -0.4 is 0 Å². The van der Waals surface area contributed by atoms with Gasteiger partial charge in [0.1, 0.15) is 22.7 Å². The van der Waals surface area contributed by atoms with Crippen LogP contribution in [0.2, 0.25) is 0 Å². The Morgan fingerprint density at radius 1 is 1.15 bits per heavy atom. The maximum absolute atomic E-state index is 12.9. The van der Waals surface area contributed by atoms with Gasteiger partial charge in [-0.1, -0.05) is 24.3 Å². The van der Waals surface area contributed by atoms with E-state index in [4.69, 9.17) is 13.9 Å². The summed E-state index contributed by atoms with van der Waals surface area (Å²) in [7, 11) is 0. The molecule has 8 nitrogen and oxygen atoms in total. The molecule has 1 aliphatic rings. The van der Waals surface area contributed by atoms with E-state index >= 15 is 0 Å². The number of esters is 1. The highest BCUT2D eigenvalue weighted by Crippen LogP contribution is 2.47. The van der Waals surface area contributed by atoms with Crippen LogP contribution in [0.25, 0.3) is 21.7 Å². The highest BCUT2D eigenvalue weighted by Gasteiger charge is 2.34. The number of pyridine rings is 1. The number of ether oxygens (including phenoxy) is 2. The van der Waals surface area contributed by atoms with Crippen molar-refractivity contribution < 1.29 is 28.9 Å². The molecule has 0 spiro atoms. The van der Waals surface area contributed by atoms with Gasteiger partial charge in [-0.2, -0.15) is 0 Å². The number of benzene rings is 2. The van der Waals surface area contributed by atoms with E-state index in [0.29, 0.717) is 59.4 Å². The molecule has 0 aliphatic carbocycles. The summed E-state index contributed by atoms with van der Waals surface area (Å²) in [5.74, 6) is -0.277. The number of rotatable bonds is 5. The van der Waals surface area contributed by atoms with Crippen LogP contribution in [-0.4, -0.2) is 59.2 Å². The number of aliphatic hydroxyl groups is 1. The second-order valence-electron chi connectivity index (χ2n) is 7.94. The van der Waals surface area contributed by atoms with E-state index in [9.17, 15) is 15.0 Å². The number of aliphatic hydroxyl groups excluding tert-OH is 1. The number of carbonyl (C=O) groups is 1. The van der Waals surface area contributed by atoms with Gasteiger partial charge in [-0.25, -0.2) is 4.79 Å². The molecule has 2 N–H and O–H groups in total. The van der Waals surface area contributed by atoms with E-state index in [1.807, 2.05) is 36.4 Å². The number of hydrogen-bond donors (Lipinski definition) is 2. The van der Waals surface area contributed by atoms with Gasteiger partial charge in [0, 0.05) is 47.2 Å². The molecule has 1 fully saturated rings. The number of phenols is 1. The lowest BCUT2D eigenvalue weighted by atomic mass is 9.89. The van der Waals surface area contributed by atoms with Gasteiger partial charge < -0.3 is 24.1 Å². The largest absolute Gasteiger partial charge is 0.507 e. The van der Waals surface area contributed by atoms with Crippen LogP contribution in [-0.2, 0) is 9.47 Å². The molecule has 1 aliphatic heterocycles. The molecule has 2 aromatic carbocycles. The van der Waals surface area contributed by atoms with E-state index < -0.39 is 12.8 Å². The Morgan fingerprint density at radius 3 is 2.55 bits per heavy atom. The minimum Gasteiger partial charge on any atom is -0.507 e. The fourth-order valence-electron chi connectivity index (χ4n) is 4.73. The Morgan fingerprint density at radius 2 is 1.85 bits per heavy atom. The van der Waals surface area contributed by atoms with Crippen LogP contribution in [0.1, 0.15) is 33.3 Å². The Bertz CT molecular complexity index is 1310. The molecule has 0 saturated carbocycles. The zero-order chi connectivity index (χ0) is 22.9. The van der Waals surface area contributed by atoms with Gasteiger partial charge in [0.05, 0.1) is 19.3 Å². The lowest BCUT2D eigenvalue weighted by molar-refractivity contribution is 0.00680. The SMILES string of the molecule is Cc1oc2c(c1C(=O)OCO)c(C(c1ccncc1)N1CCOCC1)c(O)c1ccccc12. The fraction of sp³-hybridized carbons (Fsp3) is 0.280. The van der Waals surface area contributed by atoms with E-state index in [1.54, 1.807) is 19.3 Å². The van der Waals surface area contributed by atoms with E-state index in [2.05, 4.69) is 9.88 Å². The number of phenolic OH excluding ortho intramolecular Hbond substituents is 1. The average molecular weight is 448 g/mol. The molecule has 8 heteroatoms. The highest BCUT2D eigenvalue weighted by atomic mass is 16.6. The zero-order valence-electron chi connectivity index (χ0n) is 18.2. The number of hydrogen-bond acceptors (Lipinski definition) is 8. The third kappa shape index (κ3) is 3.62. The minimum absolute atomic E-state index is 0.0743. The van der Waals surface area contributed by atoms with E-state index in [1.165, 1.54) is 0 Å². The summed E-state index contributed by atoms with van der Waals surface area (Å²) in [6, 6.07) is 10.8. The van der Waals surface area contributed by atoms with Crippen molar-refractivity contribution in [1.29, 1.82) is 0 Å². The van der Waals surface area contributed by atoms with Crippen molar-refractivity contribution in [3.05, 3.63) is 71.2 Å². The molecule has 4 aromatic rings. The van der Waals surface area contributed by atoms with E-state index in [0.717, 1.165) is 5.56 Å². The van der Waals surface area contributed by atoms with Gasteiger partial charge in [0.25, 0.3) is 0 Å². The summed E-state index contributed by atoms with van der Waals surface area (Å²) in [6.07, 6.45) is 3.42. The van der Waals surface area contributed by atoms with Crippen molar-refractivity contribution in [2.75, 3.05) is 33.1 Å². The van der Waals surface area contributed by atoms with Crippen LogP contribution in [0.5, 0.6) is 5.75 Å². The first kappa shape index (κ1) is 21.4. The standard InChI is InChI=1S/C25H24N2O6/c1-15-19(25(30)32-14-28)20-21(23(29)17-4-2-3-5-18(17)24(20)33-15)22(16-6-8-26-9-7-16)27-10-12-31-13-11-27/h2-9,22,28-29H,10-14H2,1H3. The number of carbonyl (C=O) groups excluding carboxylic acids is 1. The van der Waals surface area contributed by atoms with Crippen molar-refractivity contribution >= 4 is 27.7 Å². The molecule has 5 rings (SSSR count). The van der Waals surface area contributed by atoms with Crippen molar-refractivity contribution in [2.24, 2.45) is 0 Å². The van der Waals surface area contributed by atoms with Crippen LogP contribution in [0.4, 0.5) is 0 Å². The first-order chi connectivity index (χ1) is 16.1. The second-order valence-corrected chi connectivity index (χ2v) is 7.94. The Kier molecular flexibility index (Phi) is 5.72. The maximum atomic E-state index is 12.9. The van der Waals surface area contributed by atoms with Crippen LogP contribution in [0.3, 0.4) is 0 Å². The molecular formula is C25H24N2O6. The smallest absolute Gasteiger partial charge is 0.344 e. The Balaban J connectivity index is 1.89. The minimum atomic E-state index is -0.753. The molecule has 33 heavy (non-hydrogen) atoms. The quantitative estimate of drug-likeness (QED) is 0.353. The van der Waals surface area contributed by atoms with Crippen molar-refractivity contribution in [3.63, 3.8) is 0 Å². The summed E-state index contributed by atoms with van der Waals surface area (Å²) in [5.41, 5.74) is 2.16. The molecule has 2 aromatic heterocycles. The van der Waals surface area contributed by atoms with Crippen molar-refractivity contribution in [3.8, 4) is 5.75 Å². The number of furan rings is 1. The summed E-state index contributed by atoms with van der Waals surface area (Å²) in [4.78, 5) is 19.3. The average Bonchev–Trinajstić information content (AvgIpc) is 3.20. The third-order valence-corrected chi connectivity index (χ3v) is 6.14. The first-order valence-corrected chi connectivity index (χ1v) is 10.8. The van der Waals surface area contributed by atoms with Gasteiger partial charge in [0.15, 0.2) is 6.79 Å².